The molecule has 0 radical (unpaired) electrons. The van der Waals surface area contributed by atoms with Crippen molar-refractivity contribution in [3.05, 3.63) is 29.8 Å². The normalized spacial score (nSPS) is 17.8. The molecule has 138 valence electrons. The van der Waals surface area contributed by atoms with Crippen LogP contribution in [0.4, 0.5) is 0 Å². The Hall–Kier alpha value is -1.93. The van der Waals surface area contributed by atoms with Gasteiger partial charge in [-0.05, 0) is 30.5 Å². The number of hydrogen-bond donors (Lipinski definition) is 2. The second kappa shape index (κ2) is 8.44. The molecule has 0 aliphatic carbocycles. The zero-order valence-corrected chi connectivity index (χ0v) is 15.2. The number of nitrogens with zero attached hydrogens (tertiary/aromatic N) is 1. The third kappa shape index (κ3) is 5.54. The van der Waals surface area contributed by atoms with Crippen molar-refractivity contribution in [2.45, 2.75) is 37.5 Å². The molecule has 8 heteroatoms. The molecule has 1 heterocycles. The lowest BCUT2D eigenvalue weighted by atomic mass is 10.1. The number of primary sulfonamides is 1. The van der Waals surface area contributed by atoms with E-state index in [1.165, 1.54) is 12.1 Å². The molecule has 3 N–H and O–H groups in total. The molecule has 2 amide bonds. The molecule has 7 nitrogen and oxygen atoms in total. The smallest absolute Gasteiger partial charge is 0.238 e. The SMILES string of the molecule is CCCCN1CC(C(=O)NCCc2ccc(S(N)(=O)=O)cc2)CC1=O. The summed E-state index contributed by atoms with van der Waals surface area (Å²) in [5, 5.41) is 7.91. The Labute approximate surface area is 148 Å². The van der Waals surface area contributed by atoms with E-state index in [2.05, 4.69) is 12.2 Å². The summed E-state index contributed by atoms with van der Waals surface area (Å²) in [5.41, 5.74) is 0.903. The van der Waals surface area contributed by atoms with E-state index in [4.69, 9.17) is 5.14 Å². The fraction of sp³-hybridized carbons (Fsp3) is 0.529. The lowest BCUT2D eigenvalue weighted by Crippen LogP contribution is -2.34. The molecule has 1 fully saturated rings. The number of hydrogen-bond acceptors (Lipinski definition) is 4. The summed E-state index contributed by atoms with van der Waals surface area (Å²) in [6, 6.07) is 6.26. The van der Waals surface area contributed by atoms with Gasteiger partial charge in [0, 0.05) is 26.1 Å². The summed E-state index contributed by atoms with van der Waals surface area (Å²) in [7, 11) is -3.69. The number of unbranched alkanes of at least 4 members (excludes halogenated alkanes) is 1. The van der Waals surface area contributed by atoms with Crippen LogP contribution in [-0.2, 0) is 26.0 Å². The van der Waals surface area contributed by atoms with E-state index in [1.807, 2.05) is 0 Å². The Morgan fingerprint density at radius 1 is 1.32 bits per heavy atom. The van der Waals surface area contributed by atoms with Crippen molar-refractivity contribution in [2.75, 3.05) is 19.6 Å². The van der Waals surface area contributed by atoms with E-state index >= 15 is 0 Å². The van der Waals surface area contributed by atoms with Crippen LogP contribution in [0.3, 0.4) is 0 Å². The highest BCUT2D eigenvalue weighted by Crippen LogP contribution is 2.18. The van der Waals surface area contributed by atoms with Crippen LogP contribution in [-0.4, -0.2) is 44.8 Å². The topological polar surface area (TPSA) is 110 Å². The van der Waals surface area contributed by atoms with Crippen LogP contribution in [0.15, 0.2) is 29.2 Å². The minimum atomic E-state index is -3.69. The van der Waals surface area contributed by atoms with E-state index in [0.29, 0.717) is 19.5 Å². The van der Waals surface area contributed by atoms with Crippen molar-refractivity contribution in [3.63, 3.8) is 0 Å². The molecule has 2 rings (SSSR count). The average molecular weight is 367 g/mol. The van der Waals surface area contributed by atoms with Crippen LogP contribution < -0.4 is 10.5 Å². The van der Waals surface area contributed by atoms with Crippen molar-refractivity contribution < 1.29 is 18.0 Å². The van der Waals surface area contributed by atoms with Crippen LogP contribution in [0.5, 0.6) is 0 Å². The fourth-order valence-corrected chi connectivity index (χ4v) is 3.35. The third-order valence-electron chi connectivity index (χ3n) is 4.33. The molecular weight excluding hydrogens is 342 g/mol. The maximum absolute atomic E-state index is 12.2. The highest BCUT2D eigenvalue weighted by Gasteiger charge is 2.33. The minimum Gasteiger partial charge on any atom is -0.355 e. The molecule has 0 aromatic heterocycles. The first-order chi connectivity index (χ1) is 11.8. The maximum Gasteiger partial charge on any atom is 0.238 e. The Morgan fingerprint density at radius 2 is 2.00 bits per heavy atom. The van der Waals surface area contributed by atoms with Crippen LogP contribution >= 0.6 is 0 Å². The van der Waals surface area contributed by atoms with Gasteiger partial charge in [0.05, 0.1) is 10.8 Å². The molecule has 1 atom stereocenters. The molecule has 0 spiro atoms. The average Bonchev–Trinajstić information content (AvgIpc) is 2.93. The van der Waals surface area contributed by atoms with E-state index in [-0.39, 0.29) is 29.0 Å². The maximum atomic E-state index is 12.2. The molecule has 1 aromatic rings. The van der Waals surface area contributed by atoms with Gasteiger partial charge in [0.1, 0.15) is 0 Å². The van der Waals surface area contributed by atoms with Gasteiger partial charge in [-0.3, -0.25) is 9.59 Å². The lowest BCUT2D eigenvalue weighted by molar-refractivity contribution is -0.129. The van der Waals surface area contributed by atoms with Gasteiger partial charge in [-0.1, -0.05) is 25.5 Å². The summed E-state index contributed by atoms with van der Waals surface area (Å²) in [6.07, 6.45) is 2.83. The second-order valence-corrected chi connectivity index (χ2v) is 7.89. The number of likely N-dealkylation sites (tertiary alicyclic amines) is 1. The number of rotatable bonds is 8. The predicted molar refractivity (Wildman–Crippen MR) is 94.1 cm³/mol. The quantitative estimate of drug-likeness (QED) is 0.702. The molecule has 25 heavy (non-hydrogen) atoms. The Bertz CT molecular complexity index is 716. The molecular formula is C17H25N3O4S. The summed E-state index contributed by atoms with van der Waals surface area (Å²) in [6.45, 7) is 3.72. The first-order valence-corrected chi connectivity index (χ1v) is 10.0. The van der Waals surface area contributed by atoms with Gasteiger partial charge in [-0.15, -0.1) is 0 Å². The van der Waals surface area contributed by atoms with Crippen LogP contribution in [0, 0.1) is 5.92 Å². The third-order valence-corrected chi connectivity index (χ3v) is 5.26. The zero-order valence-electron chi connectivity index (χ0n) is 14.4. The number of carbonyl (C=O) groups excluding carboxylic acids is 2. The zero-order chi connectivity index (χ0) is 18.4. The summed E-state index contributed by atoms with van der Waals surface area (Å²) >= 11 is 0. The first-order valence-electron chi connectivity index (χ1n) is 8.48. The molecule has 0 saturated carbocycles. The number of carbonyl (C=O) groups is 2. The summed E-state index contributed by atoms with van der Waals surface area (Å²) in [5.74, 6) is -0.338. The highest BCUT2D eigenvalue weighted by atomic mass is 32.2. The van der Waals surface area contributed by atoms with Gasteiger partial charge in [-0.25, -0.2) is 13.6 Å². The standard InChI is InChI=1S/C17H25N3O4S/c1-2-3-10-20-12-14(11-16(20)21)17(22)19-9-8-13-4-6-15(7-5-13)25(18,23)24/h4-7,14H,2-3,8-12H2,1H3,(H,19,22)(H2,18,23,24). The predicted octanol–water partition coefficient (Wildman–Crippen LogP) is 0.641. The lowest BCUT2D eigenvalue weighted by Gasteiger charge is -2.16. The fourth-order valence-electron chi connectivity index (χ4n) is 2.83. The van der Waals surface area contributed by atoms with Crippen LogP contribution in [0.25, 0.3) is 0 Å². The summed E-state index contributed by atoms with van der Waals surface area (Å²) < 4.78 is 22.4. The van der Waals surface area contributed by atoms with E-state index < -0.39 is 10.0 Å². The van der Waals surface area contributed by atoms with Crippen molar-refractivity contribution in [1.29, 1.82) is 0 Å². The number of nitrogens with one attached hydrogen (secondary N) is 1. The van der Waals surface area contributed by atoms with Gasteiger partial charge in [0.25, 0.3) is 0 Å². The molecule has 1 aliphatic heterocycles. The monoisotopic (exact) mass is 367 g/mol. The van der Waals surface area contributed by atoms with Crippen molar-refractivity contribution in [3.8, 4) is 0 Å². The van der Waals surface area contributed by atoms with Crippen LogP contribution in [0.2, 0.25) is 0 Å². The number of nitrogens with two attached hydrogens (primary N) is 1. The summed E-state index contributed by atoms with van der Waals surface area (Å²) in [4.78, 5) is 25.9. The van der Waals surface area contributed by atoms with E-state index in [0.717, 1.165) is 24.9 Å². The number of benzene rings is 1. The first kappa shape index (κ1) is 19.4. The van der Waals surface area contributed by atoms with E-state index in [1.54, 1.807) is 17.0 Å². The minimum absolute atomic E-state index is 0.0483. The highest BCUT2D eigenvalue weighted by molar-refractivity contribution is 7.89. The van der Waals surface area contributed by atoms with Gasteiger partial charge < -0.3 is 10.2 Å². The second-order valence-electron chi connectivity index (χ2n) is 6.32. The van der Waals surface area contributed by atoms with Crippen LogP contribution in [0.1, 0.15) is 31.7 Å². The van der Waals surface area contributed by atoms with E-state index in [9.17, 15) is 18.0 Å². The Kier molecular flexibility index (Phi) is 6.55. The molecule has 1 saturated heterocycles. The van der Waals surface area contributed by atoms with Gasteiger partial charge in [-0.2, -0.15) is 0 Å². The molecule has 1 aromatic carbocycles. The Balaban J connectivity index is 1.78. The number of amides is 2. The molecule has 1 aliphatic rings. The molecule has 1 unspecified atom stereocenters. The van der Waals surface area contributed by atoms with Crippen molar-refractivity contribution in [2.24, 2.45) is 11.1 Å². The number of sulfonamides is 1. The van der Waals surface area contributed by atoms with Gasteiger partial charge >= 0.3 is 0 Å². The van der Waals surface area contributed by atoms with Crippen molar-refractivity contribution in [1.82, 2.24) is 10.2 Å². The Morgan fingerprint density at radius 3 is 2.60 bits per heavy atom. The molecule has 0 bridgehead atoms. The van der Waals surface area contributed by atoms with Crippen molar-refractivity contribution >= 4 is 21.8 Å². The van der Waals surface area contributed by atoms with Gasteiger partial charge in [0.2, 0.25) is 21.8 Å². The van der Waals surface area contributed by atoms with Gasteiger partial charge in [0.15, 0.2) is 0 Å². The largest absolute Gasteiger partial charge is 0.355 e.